The molecule has 3 heterocycles. The minimum absolute atomic E-state index is 0.0194. The summed E-state index contributed by atoms with van der Waals surface area (Å²) in [5, 5.41) is 7.19. The number of carbonyl (C=O) groups excluding carboxylic acids is 2. The van der Waals surface area contributed by atoms with E-state index in [1.54, 1.807) is 12.1 Å². The van der Waals surface area contributed by atoms with Gasteiger partial charge in [0.1, 0.15) is 0 Å². The van der Waals surface area contributed by atoms with E-state index >= 15 is 0 Å². The van der Waals surface area contributed by atoms with Crippen molar-refractivity contribution in [2.75, 3.05) is 19.8 Å². The maximum absolute atomic E-state index is 12.9. The molecule has 2 aromatic rings. The molecule has 3 rings (SSSR count). The van der Waals surface area contributed by atoms with Crippen LogP contribution in [0.2, 0.25) is 0 Å². The maximum Gasteiger partial charge on any atom is 0.264 e. The predicted octanol–water partition coefficient (Wildman–Crippen LogP) is 2.50. The summed E-state index contributed by atoms with van der Waals surface area (Å²) in [5.41, 5.74) is 2.85. The quantitative estimate of drug-likeness (QED) is 0.876. The molecule has 1 aliphatic heterocycles. The van der Waals surface area contributed by atoms with Crippen LogP contribution in [0.25, 0.3) is 0 Å². The second-order valence-corrected chi connectivity index (χ2v) is 6.74. The number of aromatic amines is 1. The molecule has 0 aliphatic carbocycles. The molecule has 0 bridgehead atoms. The van der Waals surface area contributed by atoms with E-state index < -0.39 is 0 Å². The van der Waals surface area contributed by atoms with Gasteiger partial charge in [0.05, 0.1) is 34.7 Å². The molecular weight excluding hydrogens is 314 g/mol. The fourth-order valence-corrected chi connectivity index (χ4v) is 3.78. The van der Waals surface area contributed by atoms with E-state index in [0.29, 0.717) is 29.5 Å². The van der Waals surface area contributed by atoms with Crippen LogP contribution in [0, 0.1) is 13.8 Å². The Hall–Kier alpha value is -1.99. The van der Waals surface area contributed by atoms with E-state index in [0.717, 1.165) is 17.0 Å². The van der Waals surface area contributed by atoms with Crippen LogP contribution in [-0.4, -0.2) is 46.5 Å². The van der Waals surface area contributed by atoms with Crippen LogP contribution in [-0.2, 0) is 4.74 Å². The van der Waals surface area contributed by atoms with Crippen LogP contribution < -0.4 is 0 Å². The van der Waals surface area contributed by atoms with Gasteiger partial charge in [0, 0.05) is 17.8 Å². The predicted molar refractivity (Wildman–Crippen MR) is 87.0 cm³/mol. The number of hydrogen-bond acceptors (Lipinski definition) is 5. The Morgan fingerprint density at radius 2 is 2.09 bits per heavy atom. The molecule has 122 valence electrons. The van der Waals surface area contributed by atoms with E-state index in [2.05, 4.69) is 10.2 Å². The molecule has 1 atom stereocenters. The summed E-state index contributed by atoms with van der Waals surface area (Å²) in [4.78, 5) is 27.4. The Balaban J connectivity index is 1.91. The van der Waals surface area contributed by atoms with Gasteiger partial charge in [-0.2, -0.15) is 5.10 Å². The number of hydrogen-bond donors (Lipinski definition) is 1. The molecule has 0 radical (unpaired) electrons. The minimum atomic E-state index is -0.155. The zero-order valence-electron chi connectivity index (χ0n) is 13.4. The molecule has 1 aliphatic rings. The first-order valence-corrected chi connectivity index (χ1v) is 8.31. The van der Waals surface area contributed by atoms with Crippen molar-refractivity contribution in [2.24, 2.45) is 0 Å². The van der Waals surface area contributed by atoms with Crippen molar-refractivity contribution in [1.82, 2.24) is 15.1 Å². The van der Waals surface area contributed by atoms with Gasteiger partial charge in [-0.3, -0.25) is 14.7 Å². The van der Waals surface area contributed by atoms with Gasteiger partial charge >= 0.3 is 0 Å². The molecule has 7 heteroatoms. The number of ketones is 1. The zero-order chi connectivity index (χ0) is 16.6. The summed E-state index contributed by atoms with van der Waals surface area (Å²) < 4.78 is 5.59. The van der Waals surface area contributed by atoms with Crippen LogP contribution in [0.5, 0.6) is 0 Å². The first-order chi connectivity index (χ1) is 11.0. The summed E-state index contributed by atoms with van der Waals surface area (Å²) in [7, 11) is 0. The maximum atomic E-state index is 12.9. The smallest absolute Gasteiger partial charge is 0.264 e. The monoisotopic (exact) mass is 333 g/mol. The summed E-state index contributed by atoms with van der Waals surface area (Å²) >= 11 is 1.25. The standard InChI is InChI=1S/C16H19N3O3S/c1-9-15(10(2)18-17-9)12-8-22-7-6-19(12)16(21)14-5-4-13(23-14)11(3)20/h4-5,12H,6-8H2,1-3H3,(H,17,18). The van der Waals surface area contributed by atoms with Gasteiger partial charge < -0.3 is 9.64 Å². The van der Waals surface area contributed by atoms with Gasteiger partial charge in [0.2, 0.25) is 0 Å². The van der Waals surface area contributed by atoms with Crippen molar-refractivity contribution in [2.45, 2.75) is 26.8 Å². The number of H-pyrrole nitrogens is 1. The fraction of sp³-hybridized carbons (Fsp3) is 0.438. The Morgan fingerprint density at radius 3 is 2.70 bits per heavy atom. The number of ether oxygens (including phenoxy) is 1. The highest BCUT2D eigenvalue weighted by Gasteiger charge is 2.33. The molecule has 0 spiro atoms. The minimum Gasteiger partial charge on any atom is -0.377 e. The van der Waals surface area contributed by atoms with Crippen LogP contribution in [0.1, 0.15) is 49.3 Å². The number of morpholine rings is 1. The lowest BCUT2D eigenvalue weighted by molar-refractivity contribution is -0.00275. The first-order valence-electron chi connectivity index (χ1n) is 7.50. The van der Waals surface area contributed by atoms with E-state index in [1.807, 2.05) is 18.7 Å². The van der Waals surface area contributed by atoms with Gasteiger partial charge in [-0.15, -0.1) is 11.3 Å². The van der Waals surface area contributed by atoms with Gasteiger partial charge in [0.25, 0.3) is 5.91 Å². The van der Waals surface area contributed by atoms with Crippen LogP contribution in [0.15, 0.2) is 12.1 Å². The third-order valence-electron chi connectivity index (χ3n) is 4.07. The average molecular weight is 333 g/mol. The van der Waals surface area contributed by atoms with Gasteiger partial charge in [-0.05, 0) is 32.9 Å². The molecule has 2 aromatic heterocycles. The Morgan fingerprint density at radius 1 is 1.35 bits per heavy atom. The van der Waals surface area contributed by atoms with Crippen LogP contribution >= 0.6 is 11.3 Å². The largest absolute Gasteiger partial charge is 0.377 e. The number of rotatable bonds is 3. The molecule has 1 amide bonds. The van der Waals surface area contributed by atoms with Crippen molar-refractivity contribution in [3.63, 3.8) is 0 Å². The third kappa shape index (κ3) is 2.94. The van der Waals surface area contributed by atoms with Crippen LogP contribution in [0.3, 0.4) is 0 Å². The topological polar surface area (TPSA) is 75.3 Å². The lowest BCUT2D eigenvalue weighted by Gasteiger charge is -2.35. The Kier molecular flexibility index (Phi) is 4.32. The molecule has 0 saturated carbocycles. The molecule has 0 aromatic carbocycles. The molecular formula is C16H19N3O3S. The molecule has 6 nitrogen and oxygen atoms in total. The summed E-state index contributed by atoms with van der Waals surface area (Å²) in [5.74, 6) is -0.0788. The van der Waals surface area contributed by atoms with Crippen molar-refractivity contribution in [1.29, 1.82) is 0 Å². The molecule has 1 saturated heterocycles. The number of aryl methyl sites for hydroxylation is 2. The van der Waals surface area contributed by atoms with E-state index in [1.165, 1.54) is 18.3 Å². The lowest BCUT2D eigenvalue weighted by atomic mass is 10.0. The second kappa shape index (κ2) is 6.25. The highest BCUT2D eigenvalue weighted by Crippen LogP contribution is 2.31. The summed E-state index contributed by atoms with van der Waals surface area (Å²) in [6, 6.07) is 3.29. The number of thiophene rings is 1. The molecule has 1 N–H and O–H groups in total. The van der Waals surface area contributed by atoms with Gasteiger partial charge in [-0.1, -0.05) is 0 Å². The van der Waals surface area contributed by atoms with Crippen molar-refractivity contribution in [3.8, 4) is 0 Å². The number of Topliss-reactive ketones (excluding diaryl/α,β-unsaturated/α-hetero) is 1. The van der Waals surface area contributed by atoms with Crippen molar-refractivity contribution in [3.05, 3.63) is 38.8 Å². The highest BCUT2D eigenvalue weighted by molar-refractivity contribution is 7.15. The second-order valence-electron chi connectivity index (χ2n) is 5.66. The third-order valence-corrected chi connectivity index (χ3v) is 5.25. The highest BCUT2D eigenvalue weighted by atomic mass is 32.1. The van der Waals surface area contributed by atoms with Crippen LogP contribution in [0.4, 0.5) is 0 Å². The summed E-state index contributed by atoms with van der Waals surface area (Å²) in [6.07, 6.45) is 0. The molecule has 23 heavy (non-hydrogen) atoms. The van der Waals surface area contributed by atoms with Gasteiger partial charge in [0.15, 0.2) is 5.78 Å². The SMILES string of the molecule is CC(=O)c1ccc(C(=O)N2CCOCC2c2c(C)n[nH]c2C)s1. The zero-order valence-corrected chi connectivity index (χ0v) is 14.2. The van der Waals surface area contributed by atoms with Crippen molar-refractivity contribution < 1.29 is 14.3 Å². The number of carbonyl (C=O) groups is 2. The number of nitrogens with one attached hydrogen (secondary N) is 1. The fourth-order valence-electron chi connectivity index (χ4n) is 2.92. The average Bonchev–Trinajstić information content (AvgIpc) is 3.14. The Bertz CT molecular complexity index is 730. The number of nitrogens with zero attached hydrogens (tertiary/aromatic N) is 2. The van der Waals surface area contributed by atoms with E-state index in [-0.39, 0.29) is 17.7 Å². The van der Waals surface area contributed by atoms with Gasteiger partial charge in [-0.25, -0.2) is 0 Å². The van der Waals surface area contributed by atoms with Crippen molar-refractivity contribution >= 4 is 23.0 Å². The number of amides is 1. The summed E-state index contributed by atoms with van der Waals surface area (Å²) in [6.45, 7) is 6.89. The first kappa shape index (κ1) is 15.9. The normalized spacial score (nSPS) is 18.2. The van der Waals surface area contributed by atoms with E-state index in [9.17, 15) is 9.59 Å². The molecule has 1 unspecified atom stereocenters. The lowest BCUT2D eigenvalue weighted by Crippen LogP contribution is -2.43. The Labute approximate surface area is 138 Å². The number of aromatic nitrogens is 2. The molecule has 1 fully saturated rings. The van der Waals surface area contributed by atoms with E-state index in [4.69, 9.17) is 4.74 Å².